The van der Waals surface area contributed by atoms with Gasteiger partial charge in [-0.1, -0.05) is 36.8 Å². The Labute approximate surface area is 141 Å². The quantitative estimate of drug-likeness (QED) is 0.870. The highest BCUT2D eigenvalue weighted by Gasteiger charge is 2.23. The van der Waals surface area contributed by atoms with E-state index in [1.807, 2.05) is 35.7 Å². The number of rotatable bonds is 6. The van der Waals surface area contributed by atoms with Crippen LogP contribution >= 0.6 is 11.3 Å². The molecular weight excluding hydrogens is 330 g/mol. The largest absolute Gasteiger partial charge is 0.279 e. The topological polar surface area (TPSA) is 62.3 Å². The zero-order chi connectivity index (χ0) is 16.1. The van der Waals surface area contributed by atoms with Crippen LogP contribution in [-0.2, 0) is 16.6 Å². The van der Waals surface area contributed by atoms with Crippen LogP contribution in [0.4, 0.5) is 0 Å². The van der Waals surface area contributed by atoms with Crippen molar-refractivity contribution < 1.29 is 8.42 Å². The zero-order valence-corrected chi connectivity index (χ0v) is 14.6. The third-order valence-corrected chi connectivity index (χ3v) is 6.42. The summed E-state index contributed by atoms with van der Waals surface area (Å²) in [7, 11) is -3.34. The van der Waals surface area contributed by atoms with Crippen molar-refractivity contribution in [1.82, 2.24) is 14.0 Å². The molecule has 124 valence electrons. The maximum atomic E-state index is 12.2. The van der Waals surface area contributed by atoms with Gasteiger partial charge in [-0.05, 0) is 12.8 Å². The lowest BCUT2D eigenvalue weighted by Gasteiger charge is -2.25. The van der Waals surface area contributed by atoms with Gasteiger partial charge < -0.3 is 0 Å². The molecule has 1 aromatic carbocycles. The molecule has 1 fully saturated rings. The Morgan fingerprint density at radius 3 is 2.61 bits per heavy atom. The van der Waals surface area contributed by atoms with Crippen molar-refractivity contribution >= 4 is 21.5 Å². The van der Waals surface area contributed by atoms with Crippen LogP contribution in [0.2, 0.25) is 0 Å². The van der Waals surface area contributed by atoms with E-state index >= 15 is 0 Å². The summed E-state index contributed by atoms with van der Waals surface area (Å²) in [4.78, 5) is 4.58. The summed E-state index contributed by atoms with van der Waals surface area (Å²) in [6.45, 7) is 1.65. The van der Waals surface area contributed by atoms with Crippen LogP contribution in [0.1, 0.15) is 24.3 Å². The van der Waals surface area contributed by atoms with Crippen molar-refractivity contribution in [2.24, 2.45) is 0 Å². The molecule has 0 radical (unpaired) electrons. The summed E-state index contributed by atoms with van der Waals surface area (Å²) < 4.78 is 28.6. The van der Waals surface area contributed by atoms with Gasteiger partial charge in [0.05, 0.1) is 10.7 Å². The Kier molecular flexibility index (Phi) is 5.42. The number of piperidine rings is 1. The molecule has 23 heavy (non-hydrogen) atoms. The van der Waals surface area contributed by atoms with E-state index < -0.39 is 10.2 Å². The van der Waals surface area contributed by atoms with Crippen molar-refractivity contribution in [2.75, 3.05) is 19.6 Å². The first-order valence-corrected chi connectivity index (χ1v) is 10.2. The summed E-state index contributed by atoms with van der Waals surface area (Å²) in [6.07, 6.45) is 3.64. The van der Waals surface area contributed by atoms with Crippen molar-refractivity contribution in [2.45, 2.75) is 25.7 Å². The highest BCUT2D eigenvalue weighted by molar-refractivity contribution is 7.87. The van der Waals surface area contributed by atoms with Gasteiger partial charge in [-0.3, -0.25) is 0 Å². The van der Waals surface area contributed by atoms with Crippen LogP contribution in [0.3, 0.4) is 0 Å². The first kappa shape index (κ1) is 16.6. The molecule has 0 amide bonds. The van der Waals surface area contributed by atoms with Crippen LogP contribution in [0.15, 0.2) is 35.7 Å². The van der Waals surface area contributed by atoms with Gasteiger partial charge in [-0.25, -0.2) is 9.71 Å². The highest BCUT2D eigenvalue weighted by Crippen LogP contribution is 2.21. The molecule has 0 unspecified atom stereocenters. The minimum atomic E-state index is -3.34. The number of thiazole rings is 1. The molecule has 1 N–H and O–H groups in total. The summed E-state index contributed by atoms with van der Waals surface area (Å²) in [5.74, 6) is 0. The number of aromatic nitrogens is 1. The smallest absolute Gasteiger partial charge is 0.241 e. The second-order valence-electron chi connectivity index (χ2n) is 5.60. The van der Waals surface area contributed by atoms with Gasteiger partial charge in [-0.15, -0.1) is 11.3 Å². The fourth-order valence-corrected chi connectivity index (χ4v) is 4.74. The fraction of sp³-hybridized carbons (Fsp3) is 0.438. The van der Waals surface area contributed by atoms with Gasteiger partial charge in [0, 0.05) is 37.0 Å². The van der Waals surface area contributed by atoms with Crippen molar-refractivity contribution in [1.29, 1.82) is 0 Å². The number of hydrogen-bond acceptors (Lipinski definition) is 4. The Balaban J connectivity index is 1.54. The predicted octanol–water partition coefficient (Wildman–Crippen LogP) is 2.67. The first-order chi connectivity index (χ1) is 11.1. The van der Waals surface area contributed by atoms with E-state index in [4.69, 9.17) is 0 Å². The van der Waals surface area contributed by atoms with Crippen LogP contribution in [0.25, 0.3) is 11.3 Å². The van der Waals surface area contributed by atoms with E-state index in [0.29, 0.717) is 26.1 Å². The molecule has 0 aliphatic carbocycles. The third-order valence-electron chi connectivity index (χ3n) is 3.90. The molecular formula is C16H21N3O2S2. The van der Waals surface area contributed by atoms with E-state index in [2.05, 4.69) is 9.71 Å². The molecule has 2 heterocycles. The number of nitrogens with zero attached hydrogens (tertiary/aromatic N) is 2. The van der Waals surface area contributed by atoms with Gasteiger partial charge in [0.25, 0.3) is 10.2 Å². The van der Waals surface area contributed by atoms with E-state index in [-0.39, 0.29) is 0 Å². The van der Waals surface area contributed by atoms with Crippen molar-refractivity contribution in [3.05, 3.63) is 40.7 Å². The molecule has 5 nitrogen and oxygen atoms in total. The third kappa shape index (κ3) is 4.38. The van der Waals surface area contributed by atoms with Gasteiger partial charge in [-0.2, -0.15) is 12.7 Å². The van der Waals surface area contributed by atoms with Crippen LogP contribution in [-0.4, -0.2) is 37.3 Å². The summed E-state index contributed by atoms with van der Waals surface area (Å²) in [5.41, 5.74) is 2.04. The SMILES string of the molecule is O=S(=O)(NCCc1nc(-c2ccccc2)cs1)N1CCCCC1. The molecule has 1 saturated heterocycles. The first-order valence-electron chi connectivity index (χ1n) is 7.90. The summed E-state index contributed by atoms with van der Waals surface area (Å²) in [5, 5.41) is 2.97. The van der Waals surface area contributed by atoms with Crippen molar-refractivity contribution in [3.63, 3.8) is 0 Å². The van der Waals surface area contributed by atoms with E-state index in [1.165, 1.54) is 0 Å². The average molecular weight is 351 g/mol. The molecule has 1 aromatic heterocycles. The standard InChI is InChI=1S/C16H21N3O2S2/c20-23(21,19-11-5-2-6-12-19)17-10-9-16-18-15(13-22-16)14-7-3-1-4-8-14/h1,3-4,7-8,13,17H,2,5-6,9-12H2. The molecule has 0 bridgehead atoms. The second-order valence-corrected chi connectivity index (χ2v) is 8.30. The summed E-state index contributed by atoms with van der Waals surface area (Å²) in [6, 6.07) is 10.0. The van der Waals surface area contributed by atoms with Gasteiger partial charge in [0.2, 0.25) is 0 Å². The zero-order valence-electron chi connectivity index (χ0n) is 12.9. The average Bonchev–Trinajstić information content (AvgIpc) is 3.05. The molecule has 0 atom stereocenters. The monoisotopic (exact) mass is 351 g/mol. The van der Waals surface area contributed by atoms with Gasteiger partial charge in [0.1, 0.15) is 0 Å². The number of nitrogens with one attached hydrogen (secondary N) is 1. The molecule has 2 aromatic rings. The minimum absolute atomic E-state index is 0.389. The predicted molar refractivity (Wildman–Crippen MR) is 93.6 cm³/mol. The Morgan fingerprint density at radius 2 is 1.87 bits per heavy atom. The fourth-order valence-electron chi connectivity index (χ4n) is 2.65. The molecule has 1 aliphatic heterocycles. The molecule has 0 saturated carbocycles. The van der Waals surface area contributed by atoms with Crippen LogP contribution < -0.4 is 4.72 Å². The van der Waals surface area contributed by atoms with Crippen LogP contribution in [0, 0.1) is 0 Å². The molecule has 0 spiro atoms. The maximum Gasteiger partial charge on any atom is 0.279 e. The van der Waals surface area contributed by atoms with E-state index in [0.717, 1.165) is 35.5 Å². The summed E-state index contributed by atoms with van der Waals surface area (Å²) >= 11 is 1.57. The molecule has 1 aliphatic rings. The van der Waals surface area contributed by atoms with Gasteiger partial charge >= 0.3 is 0 Å². The van der Waals surface area contributed by atoms with Gasteiger partial charge in [0.15, 0.2) is 0 Å². The maximum absolute atomic E-state index is 12.2. The Morgan fingerprint density at radius 1 is 1.13 bits per heavy atom. The molecule has 3 rings (SSSR count). The Hall–Kier alpha value is -1.28. The lowest BCUT2D eigenvalue weighted by molar-refractivity contribution is 0.342. The van der Waals surface area contributed by atoms with E-state index in [9.17, 15) is 8.42 Å². The normalized spacial score (nSPS) is 16.5. The molecule has 7 heteroatoms. The number of benzene rings is 1. The lowest BCUT2D eigenvalue weighted by atomic mass is 10.2. The number of hydrogen-bond donors (Lipinski definition) is 1. The van der Waals surface area contributed by atoms with Crippen LogP contribution in [0.5, 0.6) is 0 Å². The minimum Gasteiger partial charge on any atom is -0.241 e. The van der Waals surface area contributed by atoms with Crippen molar-refractivity contribution in [3.8, 4) is 11.3 Å². The Bertz CT molecular complexity index is 723. The van der Waals surface area contributed by atoms with E-state index in [1.54, 1.807) is 15.6 Å². The second kappa shape index (κ2) is 7.53. The highest BCUT2D eigenvalue weighted by atomic mass is 32.2. The lowest BCUT2D eigenvalue weighted by Crippen LogP contribution is -2.43.